The fourth-order valence-corrected chi connectivity index (χ4v) is 3.63. The fraction of sp³-hybridized carbons (Fsp3) is 0.286. The highest BCUT2D eigenvalue weighted by atomic mass is 79.9. The van der Waals surface area contributed by atoms with Gasteiger partial charge in [-0.1, -0.05) is 28.1 Å². The summed E-state index contributed by atoms with van der Waals surface area (Å²) in [6.45, 7) is 0. The van der Waals surface area contributed by atoms with Crippen LogP contribution in [0.1, 0.15) is 23.5 Å². The molecule has 0 amide bonds. The SMILES string of the molecule is S=c1nc(CSc2ccc(Br)cc2)[nH]c2c1CCC2. The molecular formula is C14H13BrN2S2. The summed E-state index contributed by atoms with van der Waals surface area (Å²) in [5.41, 5.74) is 2.55. The van der Waals surface area contributed by atoms with Gasteiger partial charge in [-0.2, -0.15) is 0 Å². The lowest BCUT2D eigenvalue weighted by Crippen LogP contribution is -1.99. The number of hydrogen-bond acceptors (Lipinski definition) is 3. The van der Waals surface area contributed by atoms with E-state index in [1.165, 1.54) is 22.6 Å². The number of nitrogens with zero attached hydrogens (tertiary/aromatic N) is 1. The van der Waals surface area contributed by atoms with Gasteiger partial charge in [0.15, 0.2) is 0 Å². The summed E-state index contributed by atoms with van der Waals surface area (Å²) in [5.74, 6) is 1.82. The van der Waals surface area contributed by atoms with Crippen LogP contribution in [0.4, 0.5) is 0 Å². The number of fused-ring (bicyclic) bond motifs is 1. The maximum Gasteiger partial charge on any atom is 0.133 e. The monoisotopic (exact) mass is 352 g/mol. The van der Waals surface area contributed by atoms with Gasteiger partial charge in [0, 0.05) is 20.6 Å². The van der Waals surface area contributed by atoms with E-state index in [0.717, 1.165) is 33.5 Å². The summed E-state index contributed by atoms with van der Waals surface area (Å²) in [7, 11) is 0. The number of halogens is 1. The molecule has 1 heterocycles. The van der Waals surface area contributed by atoms with Crippen LogP contribution < -0.4 is 0 Å². The maximum absolute atomic E-state index is 5.37. The molecule has 0 saturated carbocycles. The summed E-state index contributed by atoms with van der Waals surface area (Å²) in [5, 5.41) is 0. The van der Waals surface area contributed by atoms with Gasteiger partial charge in [-0.25, -0.2) is 4.98 Å². The van der Waals surface area contributed by atoms with Crippen molar-refractivity contribution in [1.29, 1.82) is 0 Å². The molecule has 98 valence electrons. The average molecular weight is 353 g/mol. The minimum atomic E-state index is 0.789. The predicted molar refractivity (Wildman–Crippen MR) is 85.1 cm³/mol. The third-order valence-electron chi connectivity index (χ3n) is 3.20. The molecule has 19 heavy (non-hydrogen) atoms. The molecule has 1 aliphatic rings. The molecule has 0 fully saturated rings. The van der Waals surface area contributed by atoms with Crippen LogP contribution in [-0.2, 0) is 18.6 Å². The van der Waals surface area contributed by atoms with Gasteiger partial charge in [0.2, 0.25) is 0 Å². The third kappa shape index (κ3) is 3.09. The van der Waals surface area contributed by atoms with Crippen molar-refractivity contribution < 1.29 is 0 Å². The lowest BCUT2D eigenvalue weighted by Gasteiger charge is -2.05. The Morgan fingerprint density at radius 3 is 2.84 bits per heavy atom. The van der Waals surface area contributed by atoms with E-state index in [1.807, 2.05) is 0 Å². The first-order chi connectivity index (χ1) is 9.22. The first-order valence-corrected chi connectivity index (χ1v) is 8.40. The highest BCUT2D eigenvalue weighted by Crippen LogP contribution is 2.25. The van der Waals surface area contributed by atoms with E-state index >= 15 is 0 Å². The standard InChI is InChI=1S/C14H13BrN2S2/c15-9-4-6-10(7-5-9)19-8-13-16-12-3-1-2-11(12)14(18)17-13/h4-7H,1-3,8H2,(H,16,17,18). The minimum absolute atomic E-state index is 0.789. The van der Waals surface area contributed by atoms with Crippen molar-refractivity contribution in [1.82, 2.24) is 9.97 Å². The highest BCUT2D eigenvalue weighted by molar-refractivity contribution is 9.10. The molecule has 0 aliphatic heterocycles. The molecule has 0 atom stereocenters. The summed E-state index contributed by atoms with van der Waals surface area (Å²) in [6.07, 6.45) is 3.38. The van der Waals surface area contributed by atoms with Gasteiger partial charge in [0.25, 0.3) is 0 Å². The van der Waals surface area contributed by atoms with Gasteiger partial charge >= 0.3 is 0 Å². The number of hydrogen-bond donors (Lipinski definition) is 1. The van der Waals surface area contributed by atoms with Crippen molar-refractivity contribution in [2.75, 3.05) is 0 Å². The lowest BCUT2D eigenvalue weighted by atomic mass is 10.3. The summed E-state index contributed by atoms with van der Waals surface area (Å²) in [6, 6.07) is 8.33. The number of aromatic nitrogens is 2. The largest absolute Gasteiger partial charge is 0.346 e. The van der Waals surface area contributed by atoms with Crippen LogP contribution in [0.15, 0.2) is 33.6 Å². The Morgan fingerprint density at radius 2 is 2.05 bits per heavy atom. The zero-order valence-corrected chi connectivity index (χ0v) is 13.5. The van der Waals surface area contributed by atoms with Crippen LogP contribution in [0.5, 0.6) is 0 Å². The van der Waals surface area contributed by atoms with Gasteiger partial charge in [-0.3, -0.25) is 0 Å². The maximum atomic E-state index is 5.37. The number of aromatic amines is 1. The second-order valence-corrected chi connectivity index (χ2v) is 6.89. The van der Waals surface area contributed by atoms with Crippen LogP contribution in [0, 0.1) is 4.64 Å². The Hall–Kier alpha value is -0.650. The van der Waals surface area contributed by atoms with Crippen molar-refractivity contribution in [3.05, 3.63) is 50.5 Å². The first-order valence-electron chi connectivity index (χ1n) is 6.22. The topological polar surface area (TPSA) is 28.7 Å². The van der Waals surface area contributed by atoms with E-state index in [0.29, 0.717) is 0 Å². The number of H-pyrrole nitrogens is 1. The molecule has 0 saturated heterocycles. The van der Waals surface area contributed by atoms with Gasteiger partial charge in [0.05, 0.1) is 5.75 Å². The third-order valence-corrected chi connectivity index (χ3v) is 5.09. The Morgan fingerprint density at radius 1 is 1.26 bits per heavy atom. The molecule has 0 radical (unpaired) electrons. The number of thioether (sulfide) groups is 1. The Kier molecular flexibility index (Phi) is 4.05. The summed E-state index contributed by atoms with van der Waals surface area (Å²) >= 11 is 10.6. The number of nitrogens with one attached hydrogen (secondary N) is 1. The number of aryl methyl sites for hydroxylation is 1. The van der Waals surface area contributed by atoms with Gasteiger partial charge in [0.1, 0.15) is 10.5 Å². The van der Waals surface area contributed by atoms with E-state index in [1.54, 1.807) is 11.8 Å². The van der Waals surface area contributed by atoms with Crippen molar-refractivity contribution in [2.24, 2.45) is 0 Å². The second kappa shape index (κ2) is 5.77. The lowest BCUT2D eigenvalue weighted by molar-refractivity contribution is 0.893. The molecule has 0 unspecified atom stereocenters. The van der Waals surface area contributed by atoms with E-state index in [9.17, 15) is 0 Å². The highest BCUT2D eigenvalue weighted by Gasteiger charge is 2.14. The van der Waals surface area contributed by atoms with Crippen LogP contribution in [0.2, 0.25) is 0 Å². The van der Waals surface area contributed by atoms with E-state index in [-0.39, 0.29) is 0 Å². The van der Waals surface area contributed by atoms with Crippen molar-refractivity contribution in [2.45, 2.75) is 29.9 Å². The molecule has 1 aliphatic carbocycles. The van der Waals surface area contributed by atoms with Gasteiger partial charge in [-0.15, -0.1) is 11.8 Å². The summed E-state index contributed by atoms with van der Waals surface area (Å²) < 4.78 is 1.89. The van der Waals surface area contributed by atoms with Crippen LogP contribution in [0.3, 0.4) is 0 Å². The van der Waals surface area contributed by atoms with E-state index < -0.39 is 0 Å². The molecule has 3 rings (SSSR count). The zero-order valence-electron chi connectivity index (χ0n) is 10.3. The van der Waals surface area contributed by atoms with Gasteiger partial charge < -0.3 is 4.98 Å². The smallest absolute Gasteiger partial charge is 0.133 e. The normalized spacial score (nSPS) is 13.5. The fourth-order valence-electron chi connectivity index (χ4n) is 2.26. The second-order valence-electron chi connectivity index (χ2n) is 4.54. The molecule has 1 aromatic carbocycles. The molecule has 1 aromatic heterocycles. The molecule has 2 nitrogen and oxygen atoms in total. The Balaban J connectivity index is 1.75. The van der Waals surface area contributed by atoms with E-state index in [4.69, 9.17) is 12.2 Å². The summed E-state index contributed by atoms with van der Waals surface area (Å²) in [4.78, 5) is 9.19. The van der Waals surface area contributed by atoms with Gasteiger partial charge in [-0.05, 0) is 43.5 Å². The molecule has 1 N–H and O–H groups in total. The van der Waals surface area contributed by atoms with Crippen LogP contribution in [-0.4, -0.2) is 9.97 Å². The quantitative estimate of drug-likeness (QED) is 0.641. The molecular weight excluding hydrogens is 340 g/mol. The molecule has 2 aromatic rings. The average Bonchev–Trinajstić information content (AvgIpc) is 2.87. The molecule has 0 spiro atoms. The first kappa shape index (κ1) is 13.3. The zero-order chi connectivity index (χ0) is 13.2. The number of benzene rings is 1. The molecule has 5 heteroatoms. The number of rotatable bonds is 3. The van der Waals surface area contributed by atoms with Crippen LogP contribution in [0.25, 0.3) is 0 Å². The minimum Gasteiger partial charge on any atom is -0.346 e. The van der Waals surface area contributed by atoms with Crippen molar-refractivity contribution in [3.8, 4) is 0 Å². The molecule has 0 bridgehead atoms. The predicted octanol–water partition coefficient (Wildman–Crippen LogP) is 4.68. The Labute approximate surface area is 130 Å². The van der Waals surface area contributed by atoms with Crippen molar-refractivity contribution >= 4 is 39.9 Å². The van der Waals surface area contributed by atoms with E-state index in [2.05, 4.69) is 50.2 Å². The van der Waals surface area contributed by atoms with Crippen molar-refractivity contribution in [3.63, 3.8) is 0 Å². The Bertz CT molecular complexity index is 649. The van der Waals surface area contributed by atoms with Crippen LogP contribution >= 0.6 is 39.9 Å².